The van der Waals surface area contributed by atoms with Crippen LogP contribution < -0.4 is 5.73 Å². The maximum absolute atomic E-state index is 12.9. The van der Waals surface area contributed by atoms with Gasteiger partial charge in [0.15, 0.2) is 0 Å². The fourth-order valence-corrected chi connectivity index (χ4v) is 2.46. The predicted octanol–water partition coefficient (Wildman–Crippen LogP) is 2.11. The number of aromatic carboxylic acids is 1. The van der Waals surface area contributed by atoms with Crippen molar-refractivity contribution < 1.29 is 31.8 Å². The molecule has 0 aliphatic heterocycles. The molecule has 2 atom stereocenters. The smallest absolute Gasteiger partial charge is 0.416 e. The quantitative estimate of drug-likeness (QED) is 0.804. The van der Waals surface area contributed by atoms with E-state index in [2.05, 4.69) is 5.10 Å². The van der Waals surface area contributed by atoms with Gasteiger partial charge in [0.2, 0.25) is 0 Å². The SMILES string of the molecule is CC(c1cc(C(F)(F)F)ccc1-n1ncc(C(=O)O)c1N)S(=O)[O-]. The fraction of sp³-hybridized carbons (Fsp3) is 0.231. The van der Waals surface area contributed by atoms with E-state index in [4.69, 9.17) is 10.8 Å². The number of alkyl halides is 3. The monoisotopic (exact) mass is 362 g/mol. The van der Waals surface area contributed by atoms with E-state index in [9.17, 15) is 26.7 Å². The first-order valence-corrected chi connectivity index (χ1v) is 7.54. The van der Waals surface area contributed by atoms with Crippen LogP contribution in [0.5, 0.6) is 0 Å². The number of nitrogens with two attached hydrogens (primary N) is 1. The van der Waals surface area contributed by atoms with Crippen LogP contribution in [0.2, 0.25) is 0 Å². The minimum absolute atomic E-state index is 0.0512. The number of hydrogen-bond acceptors (Lipinski definition) is 5. The summed E-state index contributed by atoms with van der Waals surface area (Å²) < 4.78 is 61.9. The first-order valence-electron chi connectivity index (χ1n) is 6.40. The van der Waals surface area contributed by atoms with E-state index >= 15 is 0 Å². The Balaban J connectivity index is 2.70. The van der Waals surface area contributed by atoms with Crippen molar-refractivity contribution in [2.75, 3.05) is 5.73 Å². The second-order valence-electron chi connectivity index (χ2n) is 4.83. The molecule has 0 saturated heterocycles. The van der Waals surface area contributed by atoms with E-state index in [0.29, 0.717) is 6.07 Å². The molecule has 0 aliphatic rings. The van der Waals surface area contributed by atoms with Gasteiger partial charge in [-0.25, -0.2) is 9.48 Å². The van der Waals surface area contributed by atoms with Crippen LogP contribution in [0, 0.1) is 0 Å². The Hall–Kier alpha value is -2.40. The molecule has 0 fully saturated rings. The summed E-state index contributed by atoms with van der Waals surface area (Å²) in [7, 11) is 0. The van der Waals surface area contributed by atoms with Crippen molar-refractivity contribution in [1.29, 1.82) is 0 Å². The number of hydrogen-bond donors (Lipinski definition) is 2. The van der Waals surface area contributed by atoms with Gasteiger partial charge in [-0.05, 0) is 41.8 Å². The summed E-state index contributed by atoms with van der Waals surface area (Å²) in [5.74, 6) is -1.69. The number of carbonyl (C=O) groups is 1. The Morgan fingerprint density at radius 2 is 2.08 bits per heavy atom. The average molecular weight is 362 g/mol. The molecule has 1 heterocycles. The largest absolute Gasteiger partial charge is 0.772 e. The maximum atomic E-state index is 12.9. The van der Waals surface area contributed by atoms with E-state index < -0.39 is 34.0 Å². The molecule has 0 radical (unpaired) electrons. The Labute approximate surface area is 136 Å². The molecule has 0 bridgehead atoms. The summed E-state index contributed by atoms with van der Waals surface area (Å²) in [5.41, 5.74) is 4.00. The van der Waals surface area contributed by atoms with Crippen molar-refractivity contribution in [3.63, 3.8) is 0 Å². The Morgan fingerprint density at radius 1 is 1.46 bits per heavy atom. The molecule has 0 saturated carbocycles. The van der Waals surface area contributed by atoms with Gasteiger partial charge in [0.1, 0.15) is 11.4 Å². The highest BCUT2D eigenvalue weighted by atomic mass is 32.2. The first-order chi connectivity index (χ1) is 11.0. The van der Waals surface area contributed by atoms with Crippen molar-refractivity contribution in [2.45, 2.75) is 18.3 Å². The summed E-state index contributed by atoms with van der Waals surface area (Å²) in [5, 5.41) is 11.4. The van der Waals surface area contributed by atoms with E-state index in [0.717, 1.165) is 23.0 Å². The standard InChI is InChI=1S/C13H12F3N3O4S/c1-6(24(22)23)8-4-7(13(14,15)16)2-3-10(8)19-11(17)9(5-18-19)12(20)21/h2-6H,17H2,1H3,(H,20,21)(H,22,23)/p-1. The molecule has 3 N–H and O–H groups in total. The molecule has 1 aromatic heterocycles. The van der Waals surface area contributed by atoms with Crippen LogP contribution >= 0.6 is 0 Å². The highest BCUT2D eigenvalue weighted by Crippen LogP contribution is 2.35. The third-order valence-electron chi connectivity index (χ3n) is 3.35. The van der Waals surface area contributed by atoms with Crippen molar-refractivity contribution in [2.24, 2.45) is 0 Å². The molecular weight excluding hydrogens is 351 g/mol. The fourth-order valence-electron chi connectivity index (χ4n) is 2.07. The molecule has 0 spiro atoms. The minimum atomic E-state index is -4.67. The van der Waals surface area contributed by atoms with Crippen LogP contribution in [-0.2, 0) is 17.3 Å². The van der Waals surface area contributed by atoms with Crippen LogP contribution in [0.1, 0.15) is 33.7 Å². The molecule has 11 heteroatoms. The van der Waals surface area contributed by atoms with Gasteiger partial charge in [0.05, 0.1) is 17.4 Å². The zero-order chi connectivity index (χ0) is 18.2. The normalized spacial score (nSPS) is 14.4. The molecule has 2 rings (SSSR count). The van der Waals surface area contributed by atoms with Crippen LogP contribution in [0.15, 0.2) is 24.4 Å². The number of benzene rings is 1. The van der Waals surface area contributed by atoms with Gasteiger partial charge in [-0.15, -0.1) is 0 Å². The molecule has 0 amide bonds. The topological polar surface area (TPSA) is 121 Å². The number of carboxylic acid groups (broad SMARTS) is 1. The van der Waals surface area contributed by atoms with Crippen LogP contribution in [0.25, 0.3) is 5.69 Å². The molecular formula is C13H11F3N3O4S-. The molecule has 0 aliphatic carbocycles. The molecule has 24 heavy (non-hydrogen) atoms. The molecule has 1 aromatic carbocycles. The van der Waals surface area contributed by atoms with Crippen LogP contribution in [0.3, 0.4) is 0 Å². The summed E-state index contributed by atoms with van der Waals surface area (Å²) in [6.07, 6.45) is -3.74. The van der Waals surface area contributed by atoms with Gasteiger partial charge >= 0.3 is 12.1 Å². The Morgan fingerprint density at radius 3 is 2.54 bits per heavy atom. The van der Waals surface area contributed by atoms with Crippen molar-refractivity contribution in [3.8, 4) is 5.69 Å². The zero-order valence-electron chi connectivity index (χ0n) is 12.1. The summed E-state index contributed by atoms with van der Waals surface area (Å²) in [4.78, 5) is 11.0. The van der Waals surface area contributed by atoms with E-state index in [1.807, 2.05) is 0 Å². The summed E-state index contributed by atoms with van der Waals surface area (Å²) in [6.45, 7) is 1.19. The van der Waals surface area contributed by atoms with Gasteiger partial charge < -0.3 is 15.4 Å². The second-order valence-corrected chi connectivity index (χ2v) is 6.06. The number of halogens is 3. The number of aromatic nitrogens is 2. The Bertz CT molecular complexity index is 819. The second kappa shape index (κ2) is 6.24. The van der Waals surface area contributed by atoms with Gasteiger partial charge in [-0.2, -0.15) is 18.3 Å². The molecule has 130 valence electrons. The highest BCUT2D eigenvalue weighted by Gasteiger charge is 2.32. The van der Waals surface area contributed by atoms with Gasteiger partial charge in [-0.3, -0.25) is 4.21 Å². The lowest BCUT2D eigenvalue weighted by molar-refractivity contribution is -0.137. The van der Waals surface area contributed by atoms with E-state index in [-0.39, 0.29) is 22.6 Å². The minimum Gasteiger partial charge on any atom is -0.772 e. The number of rotatable bonds is 4. The van der Waals surface area contributed by atoms with Crippen molar-refractivity contribution in [3.05, 3.63) is 41.1 Å². The first kappa shape index (κ1) is 17.9. The molecule has 7 nitrogen and oxygen atoms in total. The highest BCUT2D eigenvalue weighted by molar-refractivity contribution is 7.79. The van der Waals surface area contributed by atoms with Crippen LogP contribution in [-0.4, -0.2) is 29.6 Å². The van der Waals surface area contributed by atoms with Crippen molar-refractivity contribution in [1.82, 2.24) is 9.78 Å². The number of nitrogens with zero attached hydrogens (tertiary/aromatic N) is 2. The lowest BCUT2D eigenvalue weighted by Gasteiger charge is -2.21. The third-order valence-corrected chi connectivity index (χ3v) is 4.18. The third kappa shape index (κ3) is 3.26. The zero-order valence-corrected chi connectivity index (χ0v) is 12.9. The Kier molecular flexibility index (Phi) is 4.67. The van der Waals surface area contributed by atoms with Crippen molar-refractivity contribution >= 4 is 22.9 Å². The molecule has 2 aromatic rings. The van der Waals surface area contributed by atoms with Gasteiger partial charge in [0.25, 0.3) is 0 Å². The van der Waals surface area contributed by atoms with Gasteiger partial charge in [-0.1, -0.05) is 0 Å². The predicted molar refractivity (Wildman–Crippen MR) is 77.3 cm³/mol. The maximum Gasteiger partial charge on any atom is 0.416 e. The number of carboxylic acids is 1. The number of anilines is 1. The van der Waals surface area contributed by atoms with E-state index in [1.54, 1.807) is 0 Å². The molecule has 2 unspecified atom stereocenters. The van der Waals surface area contributed by atoms with Crippen LogP contribution in [0.4, 0.5) is 19.0 Å². The lowest BCUT2D eigenvalue weighted by Crippen LogP contribution is -2.13. The summed E-state index contributed by atoms with van der Waals surface area (Å²) >= 11 is -2.70. The van der Waals surface area contributed by atoms with E-state index in [1.165, 1.54) is 6.92 Å². The summed E-state index contributed by atoms with van der Waals surface area (Å²) in [6, 6.07) is 2.41. The average Bonchev–Trinajstić information content (AvgIpc) is 2.86. The lowest BCUT2D eigenvalue weighted by atomic mass is 10.1. The number of nitrogen functional groups attached to an aromatic ring is 1. The van der Waals surface area contributed by atoms with Gasteiger partial charge in [0, 0.05) is 5.25 Å².